The topological polar surface area (TPSA) is 83.5 Å². The first-order chi connectivity index (χ1) is 9.58. The number of rotatable bonds is 6. The summed E-state index contributed by atoms with van der Waals surface area (Å²) in [6, 6.07) is 3.25. The Hall–Kier alpha value is -1.61. The van der Waals surface area contributed by atoms with Crippen LogP contribution in [0.25, 0.3) is 0 Å². The van der Waals surface area contributed by atoms with Gasteiger partial charge in [-0.3, -0.25) is 4.79 Å². The van der Waals surface area contributed by atoms with E-state index in [1.807, 2.05) is 4.72 Å². The number of hydrogen-bond donors (Lipinski definition) is 2. The molecule has 0 spiro atoms. The minimum Gasteiger partial charge on any atom is -0.481 e. The Labute approximate surface area is 119 Å². The fourth-order valence-corrected chi connectivity index (χ4v) is 2.67. The Morgan fingerprint density at radius 2 is 2.00 bits per heavy atom. The van der Waals surface area contributed by atoms with E-state index in [2.05, 4.69) is 0 Å². The summed E-state index contributed by atoms with van der Waals surface area (Å²) in [7, 11) is -4.20. The normalized spacial score (nSPS) is 13.9. The molecule has 9 heteroatoms. The van der Waals surface area contributed by atoms with E-state index in [1.165, 1.54) is 0 Å². The minimum atomic E-state index is -4.65. The zero-order valence-electron chi connectivity index (χ0n) is 11.0. The van der Waals surface area contributed by atoms with Crippen LogP contribution in [0.2, 0.25) is 0 Å². The zero-order valence-corrected chi connectivity index (χ0v) is 11.8. The Balaban J connectivity index is 2.96. The molecule has 1 aromatic rings. The van der Waals surface area contributed by atoms with Crippen LogP contribution < -0.4 is 4.72 Å². The molecule has 0 aliphatic heterocycles. The van der Waals surface area contributed by atoms with Gasteiger partial charge in [0, 0.05) is 6.54 Å². The highest BCUT2D eigenvalue weighted by Gasteiger charge is 2.31. The van der Waals surface area contributed by atoms with Crippen molar-refractivity contribution in [2.24, 2.45) is 5.92 Å². The van der Waals surface area contributed by atoms with Crippen LogP contribution in [0.3, 0.4) is 0 Å². The lowest BCUT2D eigenvalue weighted by molar-refractivity contribution is -0.141. The van der Waals surface area contributed by atoms with E-state index in [0.717, 1.165) is 18.2 Å². The Morgan fingerprint density at radius 3 is 2.48 bits per heavy atom. The average molecular weight is 325 g/mol. The van der Waals surface area contributed by atoms with Crippen LogP contribution in [0, 0.1) is 5.92 Å². The maximum absolute atomic E-state index is 12.5. The van der Waals surface area contributed by atoms with Gasteiger partial charge in [-0.1, -0.05) is 13.0 Å². The van der Waals surface area contributed by atoms with E-state index < -0.39 is 38.5 Å². The molecule has 0 aromatic heterocycles. The van der Waals surface area contributed by atoms with Crippen molar-refractivity contribution in [3.05, 3.63) is 29.8 Å². The minimum absolute atomic E-state index is 0.195. The molecule has 0 aliphatic carbocycles. The third kappa shape index (κ3) is 4.71. The number of halogens is 3. The molecule has 0 saturated heterocycles. The summed E-state index contributed by atoms with van der Waals surface area (Å²) >= 11 is 0. The SMILES string of the molecule is CCC(CNS(=O)(=O)c1cccc(C(F)(F)F)c1)C(=O)O. The molecule has 1 atom stereocenters. The van der Waals surface area contributed by atoms with Gasteiger partial charge >= 0.3 is 12.1 Å². The smallest absolute Gasteiger partial charge is 0.416 e. The fraction of sp³-hybridized carbons (Fsp3) is 0.417. The number of carbonyl (C=O) groups is 1. The van der Waals surface area contributed by atoms with Crippen molar-refractivity contribution in [1.29, 1.82) is 0 Å². The second-order valence-electron chi connectivity index (χ2n) is 4.32. The van der Waals surface area contributed by atoms with Gasteiger partial charge in [0.1, 0.15) is 0 Å². The molecule has 2 N–H and O–H groups in total. The summed E-state index contributed by atoms with van der Waals surface area (Å²) in [4.78, 5) is 10.2. The maximum Gasteiger partial charge on any atom is 0.416 e. The lowest BCUT2D eigenvalue weighted by Crippen LogP contribution is -2.32. The quantitative estimate of drug-likeness (QED) is 0.839. The third-order valence-corrected chi connectivity index (χ3v) is 4.25. The number of sulfonamides is 1. The first kappa shape index (κ1) is 17.4. The van der Waals surface area contributed by atoms with Crippen LogP contribution in [0.5, 0.6) is 0 Å². The van der Waals surface area contributed by atoms with E-state index in [-0.39, 0.29) is 13.0 Å². The standard InChI is InChI=1S/C12H14F3NO4S/c1-2-8(11(17)18)7-16-21(19,20)10-5-3-4-9(6-10)12(13,14)15/h3-6,8,16H,2,7H2,1H3,(H,17,18). The van der Waals surface area contributed by atoms with E-state index in [4.69, 9.17) is 5.11 Å². The van der Waals surface area contributed by atoms with Gasteiger partial charge in [0.2, 0.25) is 10.0 Å². The van der Waals surface area contributed by atoms with Gasteiger partial charge in [-0.25, -0.2) is 13.1 Å². The van der Waals surface area contributed by atoms with Gasteiger partial charge in [-0.15, -0.1) is 0 Å². The van der Waals surface area contributed by atoms with Crippen LogP contribution >= 0.6 is 0 Å². The molecule has 5 nitrogen and oxygen atoms in total. The van der Waals surface area contributed by atoms with Crippen molar-refractivity contribution in [2.45, 2.75) is 24.4 Å². The van der Waals surface area contributed by atoms with Gasteiger partial charge in [0.15, 0.2) is 0 Å². The van der Waals surface area contributed by atoms with Crippen molar-refractivity contribution in [1.82, 2.24) is 4.72 Å². The summed E-state index contributed by atoms with van der Waals surface area (Å²) in [5.41, 5.74) is -1.09. The molecule has 1 rings (SSSR count). The number of aliphatic carboxylic acids is 1. The summed E-state index contributed by atoms with van der Waals surface area (Å²) in [5.74, 6) is -2.12. The van der Waals surface area contributed by atoms with E-state index >= 15 is 0 Å². The van der Waals surface area contributed by atoms with E-state index in [1.54, 1.807) is 6.92 Å². The monoisotopic (exact) mass is 325 g/mol. The lowest BCUT2D eigenvalue weighted by atomic mass is 10.1. The number of hydrogen-bond acceptors (Lipinski definition) is 3. The first-order valence-corrected chi connectivity index (χ1v) is 7.46. The van der Waals surface area contributed by atoms with E-state index in [0.29, 0.717) is 6.07 Å². The van der Waals surface area contributed by atoms with Crippen molar-refractivity contribution in [2.75, 3.05) is 6.54 Å². The molecule has 0 aliphatic rings. The number of nitrogens with one attached hydrogen (secondary N) is 1. The predicted molar refractivity (Wildman–Crippen MR) is 68.0 cm³/mol. The molecule has 0 heterocycles. The molecule has 0 fully saturated rings. The van der Waals surface area contributed by atoms with Crippen LogP contribution in [0.1, 0.15) is 18.9 Å². The van der Waals surface area contributed by atoms with Crippen molar-refractivity contribution < 1.29 is 31.5 Å². The second kappa shape index (κ2) is 6.44. The molecular weight excluding hydrogens is 311 g/mol. The Morgan fingerprint density at radius 1 is 1.38 bits per heavy atom. The molecule has 0 bridgehead atoms. The number of carboxylic acids is 1. The van der Waals surface area contributed by atoms with Crippen molar-refractivity contribution >= 4 is 16.0 Å². The zero-order chi connectivity index (χ0) is 16.3. The lowest BCUT2D eigenvalue weighted by Gasteiger charge is -2.13. The Kier molecular flexibility index (Phi) is 5.35. The number of benzene rings is 1. The van der Waals surface area contributed by atoms with Gasteiger partial charge < -0.3 is 5.11 Å². The molecule has 0 amide bonds. The molecule has 0 radical (unpaired) electrons. The summed E-state index contributed by atoms with van der Waals surface area (Å²) < 4.78 is 63.4. The van der Waals surface area contributed by atoms with Gasteiger partial charge in [0.05, 0.1) is 16.4 Å². The van der Waals surface area contributed by atoms with Crippen molar-refractivity contribution in [3.63, 3.8) is 0 Å². The highest BCUT2D eigenvalue weighted by molar-refractivity contribution is 7.89. The van der Waals surface area contributed by atoms with Gasteiger partial charge in [-0.2, -0.15) is 13.2 Å². The first-order valence-electron chi connectivity index (χ1n) is 5.97. The van der Waals surface area contributed by atoms with E-state index in [9.17, 15) is 26.4 Å². The molecular formula is C12H14F3NO4S. The van der Waals surface area contributed by atoms with Crippen LogP contribution in [-0.4, -0.2) is 26.0 Å². The van der Waals surface area contributed by atoms with Gasteiger partial charge in [-0.05, 0) is 24.6 Å². The van der Waals surface area contributed by atoms with Crippen LogP contribution in [0.15, 0.2) is 29.2 Å². The Bertz CT molecular complexity index is 613. The van der Waals surface area contributed by atoms with Crippen molar-refractivity contribution in [3.8, 4) is 0 Å². The molecule has 118 valence electrons. The predicted octanol–water partition coefficient (Wildman–Crippen LogP) is 2.09. The summed E-state index contributed by atoms with van der Waals surface area (Å²) in [6.07, 6.45) is -4.46. The molecule has 21 heavy (non-hydrogen) atoms. The highest BCUT2D eigenvalue weighted by Crippen LogP contribution is 2.30. The van der Waals surface area contributed by atoms with Crippen LogP contribution in [0.4, 0.5) is 13.2 Å². The maximum atomic E-state index is 12.5. The number of alkyl halides is 3. The highest BCUT2D eigenvalue weighted by atomic mass is 32.2. The molecule has 1 aromatic carbocycles. The molecule has 1 unspecified atom stereocenters. The fourth-order valence-electron chi connectivity index (χ4n) is 1.54. The molecule has 0 saturated carbocycles. The largest absolute Gasteiger partial charge is 0.481 e. The second-order valence-corrected chi connectivity index (χ2v) is 6.09. The van der Waals surface area contributed by atoms with Crippen LogP contribution in [-0.2, 0) is 21.0 Å². The number of carboxylic acid groups (broad SMARTS) is 1. The summed E-state index contributed by atoms with van der Waals surface area (Å²) in [5, 5.41) is 8.81. The summed E-state index contributed by atoms with van der Waals surface area (Å²) in [6.45, 7) is 1.18. The third-order valence-electron chi connectivity index (χ3n) is 2.83. The van der Waals surface area contributed by atoms with Gasteiger partial charge in [0.25, 0.3) is 0 Å². The average Bonchev–Trinajstić information content (AvgIpc) is 2.38.